The van der Waals surface area contributed by atoms with E-state index in [1.54, 1.807) is 12.1 Å². The van der Waals surface area contributed by atoms with Crippen molar-refractivity contribution in [2.24, 2.45) is 11.8 Å². The third-order valence-electron chi connectivity index (χ3n) is 7.86. The molecule has 1 aromatic carbocycles. The van der Waals surface area contributed by atoms with Crippen LogP contribution in [0.5, 0.6) is 0 Å². The highest BCUT2D eigenvalue weighted by molar-refractivity contribution is 7.91. The Morgan fingerprint density at radius 3 is 2.61 bits per heavy atom. The molecule has 5 atom stereocenters. The second kappa shape index (κ2) is 9.46. The number of amides is 3. The van der Waals surface area contributed by atoms with Gasteiger partial charge in [0, 0.05) is 12.1 Å². The summed E-state index contributed by atoms with van der Waals surface area (Å²) in [6, 6.07) is 3.30. The Bertz CT molecular complexity index is 1200. The molecule has 0 bridgehead atoms. The molecule has 3 fully saturated rings. The van der Waals surface area contributed by atoms with Gasteiger partial charge in [0.15, 0.2) is 0 Å². The minimum absolute atomic E-state index is 0. The SMILES string of the molecule is CC[C@@H]1C[C@]1(NC(=O)[C@@H]1C[C@@H](C2c3cccc(F)c3CN2C(=O)O)CN1)C(=O)NS(=O)(=O)C1CC1.Cl. The van der Waals surface area contributed by atoms with E-state index in [0.29, 0.717) is 49.8 Å². The number of nitrogens with one attached hydrogen (secondary N) is 3. The summed E-state index contributed by atoms with van der Waals surface area (Å²) in [5.74, 6) is -2.01. The van der Waals surface area contributed by atoms with Crippen LogP contribution in [0.15, 0.2) is 18.2 Å². The first-order valence-electron chi connectivity index (χ1n) is 12.0. The second-order valence-corrected chi connectivity index (χ2v) is 12.0. The summed E-state index contributed by atoms with van der Waals surface area (Å²) < 4.78 is 41.0. The monoisotopic (exact) mass is 544 g/mol. The van der Waals surface area contributed by atoms with E-state index < -0.39 is 56.6 Å². The standard InChI is InChI=1S/C23H29FN4O6S.ClH/c1-2-13-9-23(13,21(30)27-35(33,34)14-6-7-14)26-20(29)18-8-12(10-25-18)19-15-4-3-5-17(24)16(15)11-28(19)22(31)32;/h3-5,12-14,18-19,25H,2,6-11H2,1H3,(H,26,29)(H,27,30)(H,31,32);1H/t12-,13-,18+,19?,23-;/m1./s1. The summed E-state index contributed by atoms with van der Waals surface area (Å²) >= 11 is 0. The Morgan fingerprint density at radius 2 is 2.00 bits per heavy atom. The number of carbonyl (C=O) groups is 3. The van der Waals surface area contributed by atoms with Gasteiger partial charge in [0.2, 0.25) is 15.9 Å². The van der Waals surface area contributed by atoms with Crippen molar-refractivity contribution in [2.75, 3.05) is 6.54 Å². The molecule has 0 aromatic heterocycles. The Morgan fingerprint density at radius 1 is 1.28 bits per heavy atom. The van der Waals surface area contributed by atoms with Crippen molar-refractivity contribution >= 4 is 40.3 Å². The molecule has 3 amide bonds. The van der Waals surface area contributed by atoms with Crippen molar-refractivity contribution < 1.29 is 32.3 Å². The summed E-state index contributed by atoms with van der Waals surface area (Å²) in [6.07, 6.45) is 1.15. The molecule has 5 rings (SSSR count). The zero-order chi connectivity index (χ0) is 25.1. The fourth-order valence-electron chi connectivity index (χ4n) is 5.65. The number of carboxylic acid groups (broad SMARTS) is 1. The summed E-state index contributed by atoms with van der Waals surface area (Å²) in [5.41, 5.74) is -0.303. The summed E-state index contributed by atoms with van der Waals surface area (Å²) in [6.45, 7) is 2.17. The second-order valence-electron chi connectivity index (χ2n) is 10.1. The van der Waals surface area contributed by atoms with E-state index >= 15 is 0 Å². The number of carbonyl (C=O) groups excluding carboxylic acids is 2. The van der Waals surface area contributed by atoms with Crippen LogP contribution in [0.1, 0.15) is 56.2 Å². The van der Waals surface area contributed by atoms with Gasteiger partial charge in [0.05, 0.1) is 23.9 Å². The molecule has 4 aliphatic rings. The minimum atomic E-state index is -3.74. The normalized spacial score (nSPS) is 30.8. The van der Waals surface area contributed by atoms with Gasteiger partial charge in [-0.2, -0.15) is 0 Å². The van der Waals surface area contributed by atoms with Crippen LogP contribution in [0.2, 0.25) is 0 Å². The maximum atomic E-state index is 14.3. The van der Waals surface area contributed by atoms with Crippen LogP contribution < -0.4 is 15.4 Å². The highest BCUT2D eigenvalue weighted by atomic mass is 35.5. The van der Waals surface area contributed by atoms with Crippen molar-refractivity contribution in [1.29, 1.82) is 0 Å². The van der Waals surface area contributed by atoms with E-state index in [9.17, 15) is 32.3 Å². The first-order chi connectivity index (χ1) is 16.6. The zero-order valence-electron chi connectivity index (χ0n) is 19.7. The molecule has 1 saturated heterocycles. The summed E-state index contributed by atoms with van der Waals surface area (Å²) in [4.78, 5) is 39.2. The molecule has 2 aliphatic carbocycles. The van der Waals surface area contributed by atoms with Gasteiger partial charge in [-0.3, -0.25) is 19.2 Å². The zero-order valence-corrected chi connectivity index (χ0v) is 21.3. The number of nitrogens with zero attached hydrogens (tertiary/aromatic N) is 1. The third kappa shape index (κ3) is 4.54. The molecular formula is C23H30ClFN4O6S. The van der Waals surface area contributed by atoms with Crippen molar-refractivity contribution in [1.82, 2.24) is 20.3 Å². The number of rotatable bonds is 7. The molecule has 13 heteroatoms. The molecule has 36 heavy (non-hydrogen) atoms. The Kier molecular flexibility index (Phi) is 6.99. The smallest absolute Gasteiger partial charge is 0.408 e. The predicted octanol–water partition coefficient (Wildman–Crippen LogP) is 1.65. The number of benzene rings is 1. The van der Waals surface area contributed by atoms with Gasteiger partial charge in [-0.25, -0.2) is 17.6 Å². The van der Waals surface area contributed by atoms with Crippen LogP contribution in [0, 0.1) is 17.7 Å². The molecule has 10 nitrogen and oxygen atoms in total. The Hall–Kier alpha value is -2.44. The molecular weight excluding hydrogens is 515 g/mol. The van der Waals surface area contributed by atoms with Gasteiger partial charge in [-0.15, -0.1) is 12.4 Å². The average molecular weight is 545 g/mol. The molecule has 2 saturated carbocycles. The van der Waals surface area contributed by atoms with Gasteiger partial charge in [0.1, 0.15) is 11.4 Å². The van der Waals surface area contributed by atoms with Crippen LogP contribution in [-0.4, -0.2) is 59.7 Å². The highest BCUT2D eigenvalue weighted by Gasteiger charge is 2.61. The lowest BCUT2D eigenvalue weighted by molar-refractivity contribution is -0.130. The van der Waals surface area contributed by atoms with E-state index in [0.717, 1.165) is 0 Å². The molecule has 4 N–H and O–H groups in total. The summed E-state index contributed by atoms with van der Waals surface area (Å²) in [5, 5.41) is 15.1. The van der Waals surface area contributed by atoms with Gasteiger partial charge in [-0.1, -0.05) is 25.5 Å². The number of sulfonamides is 1. The lowest BCUT2D eigenvalue weighted by atomic mass is 9.90. The van der Waals surface area contributed by atoms with E-state index in [1.807, 2.05) is 6.92 Å². The Balaban J connectivity index is 0.00000304. The highest BCUT2D eigenvalue weighted by Crippen LogP contribution is 2.47. The predicted molar refractivity (Wildman–Crippen MR) is 129 cm³/mol. The van der Waals surface area contributed by atoms with E-state index in [2.05, 4.69) is 15.4 Å². The van der Waals surface area contributed by atoms with E-state index in [1.165, 1.54) is 11.0 Å². The molecule has 0 radical (unpaired) electrons. The van der Waals surface area contributed by atoms with E-state index in [4.69, 9.17) is 0 Å². The van der Waals surface area contributed by atoms with Crippen molar-refractivity contribution in [3.63, 3.8) is 0 Å². The maximum Gasteiger partial charge on any atom is 0.408 e. The first-order valence-corrected chi connectivity index (χ1v) is 13.5. The lowest BCUT2D eigenvalue weighted by Gasteiger charge is -2.27. The van der Waals surface area contributed by atoms with Gasteiger partial charge in [-0.05, 0) is 49.1 Å². The van der Waals surface area contributed by atoms with Crippen LogP contribution in [0.4, 0.5) is 9.18 Å². The van der Waals surface area contributed by atoms with Gasteiger partial charge >= 0.3 is 6.09 Å². The minimum Gasteiger partial charge on any atom is -0.465 e. The van der Waals surface area contributed by atoms with Crippen molar-refractivity contribution in [3.8, 4) is 0 Å². The third-order valence-corrected chi connectivity index (χ3v) is 9.68. The number of halogens is 2. The fourth-order valence-corrected chi connectivity index (χ4v) is 7.02. The van der Waals surface area contributed by atoms with Crippen LogP contribution in [0.25, 0.3) is 0 Å². The molecule has 2 aliphatic heterocycles. The molecule has 0 spiro atoms. The van der Waals surface area contributed by atoms with Crippen LogP contribution in [0.3, 0.4) is 0 Å². The topological polar surface area (TPSA) is 145 Å². The molecule has 1 unspecified atom stereocenters. The molecule has 2 heterocycles. The lowest BCUT2D eigenvalue weighted by Crippen LogP contribution is -2.55. The Labute approximate surface area is 214 Å². The van der Waals surface area contributed by atoms with Crippen molar-refractivity contribution in [3.05, 3.63) is 35.1 Å². The molecule has 1 aromatic rings. The van der Waals surface area contributed by atoms with Crippen LogP contribution >= 0.6 is 12.4 Å². The largest absolute Gasteiger partial charge is 0.465 e. The van der Waals surface area contributed by atoms with E-state index in [-0.39, 0.29) is 30.8 Å². The van der Waals surface area contributed by atoms with Crippen molar-refractivity contribution in [2.45, 2.75) is 68.4 Å². The van der Waals surface area contributed by atoms with Gasteiger partial charge in [0.25, 0.3) is 5.91 Å². The fraction of sp³-hybridized carbons (Fsp3) is 0.609. The average Bonchev–Trinajstić information content (AvgIpc) is 3.68. The van der Waals surface area contributed by atoms with Gasteiger partial charge < -0.3 is 15.7 Å². The molecule has 198 valence electrons. The number of fused-ring (bicyclic) bond motifs is 1. The first kappa shape index (κ1) is 26.6. The summed E-state index contributed by atoms with van der Waals surface area (Å²) in [7, 11) is -3.74. The maximum absolute atomic E-state index is 14.3. The van der Waals surface area contributed by atoms with Crippen LogP contribution in [-0.2, 0) is 26.2 Å². The quantitative estimate of drug-likeness (QED) is 0.408. The number of hydrogen-bond acceptors (Lipinski definition) is 6. The number of hydrogen-bond donors (Lipinski definition) is 4.